The second-order valence-electron chi connectivity index (χ2n) is 8.74. The molecule has 2 saturated heterocycles. The summed E-state index contributed by atoms with van der Waals surface area (Å²) in [5.74, 6) is 1.90. The Morgan fingerprint density at radius 2 is 2.11 bits per heavy atom. The van der Waals surface area contributed by atoms with E-state index < -0.39 is 6.17 Å². The van der Waals surface area contributed by atoms with Crippen LogP contribution in [0.5, 0.6) is 0 Å². The number of imidazole rings is 1. The third kappa shape index (κ3) is 2.72. The summed E-state index contributed by atoms with van der Waals surface area (Å²) in [6.45, 7) is 12.1. The monoisotopic (exact) mass is 372 g/mol. The standard InChI is InChI=1S/C21H29FN4O/c1-6-8-17(25-9-13(22)10-25)19-23-15(12-24(19)5)20(27)26-11-14-18(16(26)7-2)21(14,3)4/h6,8,12-14,16,18H,1,7,9-11H2,2-5H3/b17-8+/t14?,16-,18+/m1/s1. The van der Waals surface area contributed by atoms with Crippen LogP contribution in [0.25, 0.3) is 5.70 Å². The third-order valence-electron chi connectivity index (χ3n) is 6.80. The fourth-order valence-corrected chi connectivity index (χ4v) is 5.16. The number of carbonyl (C=O) groups excluding carboxylic acids is 1. The van der Waals surface area contributed by atoms with E-state index in [1.54, 1.807) is 12.3 Å². The number of allylic oxidation sites excluding steroid dienone is 2. The highest BCUT2D eigenvalue weighted by molar-refractivity contribution is 5.93. The van der Waals surface area contributed by atoms with Crippen LogP contribution in [0.15, 0.2) is 24.9 Å². The van der Waals surface area contributed by atoms with Crippen molar-refractivity contribution in [3.05, 3.63) is 36.4 Å². The van der Waals surface area contributed by atoms with Gasteiger partial charge in [0.1, 0.15) is 11.9 Å². The van der Waals surface area contributed by atoms with E-state index in [4.69, 9.17) is 0 Å². The Hall–Kier alpha value is -2.11. The van der Waals surface area contributed by atoms with E-state index in [0.717, 1.165) is 18.7 Å². The number of amides is 1. The van der Waals surface area contributed by atoms with Crippen molar-refractivity contribution in [1.82, 2.24) is 19.4 Å². The van der Waals surface area contributed by atoms with Crippen molar-refractivity contribution in [3.63, 3.8) is 0 Å². The van der Waals surface area contributed by atoms with Gasteiger partial charge in [0.05, 0.1) is 18.8 Å². The SMILES string of the molecule is C=C/C=C(\c1nc(C(=O)N2CC3[C@@H]([C@H]2CC)C3(C)C)cn1C)N1CC(F)C1. The topological polar surface area (TPSA) is 41.4 Å². The number of rotatable bonds is 5. The molecule has 3 fully saturated rings. The van der Waals surface area contributed by atoms with Crippen molar-refractivity contribution in [3.8, 4) is 0 Å². The minimum atomic E-state index is -0.801. The van der Waals surface area contributed by atoms with Crippen molar-refractivity contribution in [1.29, 1.82) is 0 Å². The number of aromatic nitrogens is 2. The molecule has 0 spiro atoms. The molecule has 0 aromatic carbocycles. The van der Waals surface area contributed by atoms with Gasteiger partial charge >= 0.3 is 0 Å². The molecule has 1 amide bonds. The molecule has 2 aliphatic heterocycles. The number of alkyl halides is 1. The number of hydrogen-bond donors (Lipinski definition) is 0. The lowest BCUT2D eigenvalue weighted by atomic mass is 9.99. The maximum absolute atomic E-state index is 13.3. The Kier molecular flexibility index (Phi) is 4.20. The van der Waals surface area contributed by atoms with Crippen LogP contribution in [0, 0.1) is 17.3 Å². The molecule has 1 unspecified atom stereocenters. The van der Waals surface area contributed by atoms with Gasteiger partial charge in [0.25, 0.3) is 5.91 Å². The van der Waals surface area contributed by atoms with Crippen LogP contribution in [-0.2, 0) is 7.05 Å². The molecule has 0 bridgehead atoms. The molecule has 4 rings (SSSR count). The van der Waals surface area contributed by atoms with E-state index in [1.165, 1.54) is 0 Å². The minimum absolute atomic E-state index is 0.0108. The first-order valence-corrected chi connectivity index (χ1v) is 9.86. The maximum Gasteiger partial charge on any atom is 0.274 e. The zero-order valence-corrected chi connectivity index (χ0v) is 16.7. The zero-order valence-electron chi connectivity index (χ0n) is 16.7. The van der Waals surface area contributed by atoms with Crippen molar-refractivity contribution < 1.29 is 9.18 Å². The fourth-order valence-electron chi connectivity index (χ4n) is 5.16. The van der Waals surface area contributed by atoms with Gasteiger partial charge in [-0.2, -0.15) is 0 Å². The molecule has 1 aromatic rings. The predicted octanol–water partition coefficient (Wildman–Crippen LogP) is 3.11. The summed E-state index contributed by atoms with van der Waals surface area (Å²) < 4.78 is 15.2. The van der Waals surface area contributed by atoms with Crippen LogP contribution in [0.2, 0.25) is 0 Å². The molecule has 0 N–H and O–H groups in total. The van der Waals surface area contributed by atoms with Crippen LogP contribution >= 0.6 is 0 Å². The van der Waals surface area contributed by atoms with Crippen molar-refractivity contribution in [2.75, 3.05) is 19.6 Å². The minimum Gasteiger partial charge on any atom is -0.363 e. The van der Waals surface area contributed by atoms with E-state index in [9.17, 15) is 9.18 Å². The van der Waals surface area contributed by atoms with Crippen molar-refractivity contribution >= 4 is 11.6 Å². The summed E-state index contributed by atoms with van der Waals surface area (Å²) >= 11 is 0. The van der Waals surface area contributed by atoms with Gasteiger partial charge in [0, 0.05) is 25.8 Å². The summed E-state index contributed by atoms with van der Waals surface area (Å²) in [7, 11) is 1.88. The normalized spacial score (nSPS) is 29.5. The highest BCUT2D eigenvalue weighted by atomic mass is 19.1. The maximum atomic E-state index is 13.3. The molecule has 0 radical (unpaired) electrons. The van der Waals surface area contributed by atoms with E-state index in [1.807, 2.05) is 27.5 Å². The smallest absolute Gasteiger partial charge is 0.274 e. The molecule has 3 heterocycles. The van der Waals surface area contributed by atoms with E-state index in [2.05, 4.69) is 32.3 Å². The molecule has 1 saturated carbocycles. The molecule has 146 valence electrons. The van der Waals surface area contributed by atoms with E-state index >= 15 is 0 Å². The van der Waals surface area contributed by atoms with Gasteiger partial charge in [-0.05, 0) is 29.7 Å². The number of hydrogen-bond acceptors (Lipinski definition) is 3. The number of piperidine rings is 1. The highest BCUT2D eigenvalue weighted by Gasteiger charge is 2.66. The van der Waals surface area contributed by atoms with Gasteiger partial charge < -0.3 is 14.4 Å². The van der Waals surface area contributed by atoms with Crippen LogP contribution in [0.1, 0.15) is 43.5 Å². The number of carbonyl (C=O) groups is 1. The highest BCUT2D eigenvalue weighted by Crippen LogP contribution is 2.65. The van der Waals surface area contributed by atoms with Gasteiger partial charge in [-0.15, -0.1) is 0 Å². The largest absolute Gasteiger partial charge is 0.363 e. The van der Waals surface area contributed by atoms with Gasteiger partial charge in [-0.25, -0.2) is 9.37 Å². The second kappa shape index (κ2) is 6.21. The Morgan fingerprint density at radius 3 is 2.70 bits per heavy atom. The average molecular weight is 372 g/mol. The van der Waals surface area contributed by atoms with Gasteiger partial charge in [0.15, 0.2) is 5.82 Å². The summed E-state index contributed by atoms with van der Waals surface area (Å²) in [5, 5.41) is 0. The first-order chi connectivity index (χ1) is 12.8. The lowest BCUT2D eigenvalue weighted by molar-refractivity contribution is 0.0665. The lowest BCUT2D eigenvalue weighted by Gasteiger charge is -2.37. The van der Waals surface area contributed by atoms with Crippen LogP contribution in [0.4, 0.5) is 4.39 Å². The summed E-state index contributed by atoms with van der Waals surface area (Å²) in [5.41, 5.74) is 1.64. The lowest BCUT2D eigenvalue weighted by Crippen LogP contribution is -2.47. The molecule has 3 atom stereocenters. The van der Waals surface area contributed by atoms with E-state index in [-0.39, 0.29) is 5.91 Å². The molecule has 5 nitrogen and oxygen atoms in total. The summed E-state index contributed by atoms with van der Waals surface area (Å²) in [6.07, 6.45) is 5.49. The summed E-state index contributed by atoms with van der Waals surface area (Å²) in [4.78, 5) is 21.8. The Balaban J connectivity index is 1.57. The van der Waals surface area contributed by atoms with Crippen LogP contribution in [0.3, 0.4) is 0 Å². The fraction of sp³-hybridized carbons (Fsp3) is 0.619. The molecular formula is C21H29FN4O. The van der Waals surface area contributed by atoms with Gasteiger partial charge in [-0.1, -0.05) is 33.4 Å². The number of halogens is 1. The Bertz CT molecular complexity index is 805. The Labute approximate surface area is 160 Å². The van der Waals surface area contributed by atoms with Crippen LogP contribution < -0.4 is 0 Å². The molecule has 1 aromatic heterocycles. The van der Waals surface area contributed by atoms with Crippen molar-refractivity contribution in [2.24, 2.45) is 24.3 Å². The van der Waals surface area contributed by atoms with Gasteiger partial charge in [0.2, 0.25) is 0 Å². The number of nitrogens with zero attached hydrogens (tertiary/aromatic N) is 4. The van der Waals surface area contributed by atoms with Crippen LogP contribution in [-0.4, -0.2) is 57.1 Å². The van der Waals surface area contributed by atoms with Gasteiger partial charge in [-0.3, -0.25) is 4.79 Å². The Morgan fingerprint density at radius 1 is 1.41 bits per heavy atom. The predicted molar refractivity (Wildman–Crippen MR) is 104 cm³/mol. The van der Waals surface area contributed by atoms with Crippen molar-refractivity contribution in [2.45, 2.75) is 39.4 Å². The molecule has 27 heavy (non-hydrogen) atoms. The average Bonchev–Trinajstić information content (AvgIpc) is 2.98. The summed E-state index contributed by atoms with van der Waals surface area (Å²) in [6, 6.07) is 0.300. The molecule has 3 aliphatic rings. The van der Waals surface area contributed by atoms with E-state index in [0.29, 0.717) is 47.9 Å². The third-order valence-corrected chi connectivity index (χ3v) is 6.80. The quantitative estimate of drug-likeness (QED) is 0.746. The first kappa shape index (κ1) is 18.3. The number of fused-ring (bicyclic) bond motifs is 1. The number of aryl methyl sites for hydroxylation is 1. The molecular weight excluding hydrogens is 343 g/mol. The molecule has 6 heteroatoms. The number of likely N-dealkylation sites (tertiary alicyclic amines) is 2. The molecule has 1 aliphatic carbocycles. The second-order valence-corrected chi connectivity index (χ2v) is 8.74. The zero-order chi connectivity index (χ0) is 19.5. The first-order valence-electron chi connectivity index (χ1n) is 9.86.